The van der Waals surface area contributed by atoms with Crippen LogP contribution in [0.1, 0.15) is 55.4 Å². The molecular formula is C16H36N2. The molecule has 2 unspecified atom stereocenters. The molecule has 2 N–H and O–H groups in total. The van der Waals surface area contributed by atoms with Gasteiger partial charge in [0.15, 0.2) is 0 Å². The highest BCUT2D eigenvalue weighted by atomic mass is 14.9. The van der Waals surface area contributed by atoms with E-state index < -0.39 is 0 Å². The molecule has 0 spiro atoms. The second kappa shape index (κ2) is 7.49. The van der Waals surface area contributed by atoms with Crippen molar-refractivity contribution >= 4 is 0 Å². The Balaban J connectivity index is 3.53. The van der Waals surface area contributed by atoms with Crippen LogP contribution >= 0.6 is 0 Å². The molecule has 0 aromatic rings. The lowest BCUT2D eigenvalue weighted by atomic mass is 9.82. The van der Waals surface area contributed by atoms with Crippen LogP contribution in [0.4, 0.5) is 0 Å². The third-order valence-corrected chi connectivity index (χ3v) is 4.34. The summed E-state index contributed by atoms with van der Waals surface area (Å²) in [4.78, 5) is 0. The number of rotatable bonds is 7. The van der Waals surface area contributed by atoms with Gasteiger partial charge in [0.25, 0.3) is 0 Å². The van der Waals surface area contributed by atoms with Crippen LogP contribution in [0.2, 0.25) is 0 Å². The summed E-state index contributed by atoms with van der Waals surface area (Å²) in [6.07, 6.45) is 0. The van der Waals surface area contributed by atoms with E-state index in [2.05, 4.69) is 66.0 Å². The van der Waals surface area contributed by atoms with Gasteiger partial charge < -0.3 is 10.6 Å². The van der Waals surface area contributed by atoms with E-state index in [1.807, 2.05) is 0 Å². The highest BCUT2D eigenvalue weighted by molar-refractivity contribution is 4.73. The fourth-order valence-corrected chi connectivity index (χ4v) is 1.43. The maximum Gasteiger partial charge on any atom is 0.00768 e. The topological polar surface area (TPSA) is 24.1 Å². The van der Waals surface area contributed by atoms with Crippen LogP contribution in [0.25, 0.3) is 0 Å². The zero-order valence-electron chi connectivity index (χ0n) is 14.0. The van der Waals surface area contributed by atoms with E-state index in [0.717, 1.165) is 26.2 Å². The second-order valence-corrected chi connectivity index (χ2v) is 7.94. The number of nitrogens with one attached hydrogen (secondary N) is 2. The summed E-state index contributed by atoms with van der Waals surface area (Å²) < 4.78 is 0. The van der Waals surface area contributed by atoms with E-state index in [1.54, 1.807) is 0 Å². The molecule has 0 saturated carbocycles. The third-order valence-electron chi connectivity index (χ3n) is 4.34. The molecule has 0 aliphatic carbocycles. The first-order chi connectivity index (χ1) is 8.05. The van der Waals surface area contributed by atoms with E-state index in [9.17, 15) is 0 Å². The maximum atomic E-state index is 3.54. The van der Waals surface area contributed by atoms with Crippen molar-refractivity contribution in [2.45, 2.75) is 55.4 Å². The lowest BCUT2D eigenvalue weighted by Gasteiger charge is -2.28. The Morgan fingerprint density at radius 2 is 0.944 bits per heavy atom. The minimum Gasteiger partial charge on any atom is -0.315 e. The van der Waals surface area contributed by atoms with Crippen LogP contribution in [0.5, 0.6) is 0 Å². The smallest absolute Gasteiger partial charge is 0.00768 e. The van der Waals surface area contributed by atoms with Gasteiger partial charge in [0, 0.05) is 13.1 Å². The Kier molecular flexibility index (Phi) is 7.46. The summed E-state index contributed by atoms with van der Waals surface area (Å²) >= 11 is 0. The zero-order chi connectivity index (χ0) is 14.4. The van der Waals surface area contributed by atoms with E-state index >= 15 is 0 Å². The average molecular weight is 256 g/mol. The molecular weight excluding hydrogens is 220 g/mol. The minimum absolute atomic E-state index is 0.404. The molecule has 0 aromatic carbocycles. The van der Waals surface area contributed by atoms with Gasteiger partial charge in [-0.25, -0.2) is 0 Å². The summed E-state index contributed by atoms with van der Waals surface area (Å²) in [5.74, 6) is 1.43. The monoisotopic (exact) mass is 256 g/mol. The van der Waals surface area contributed by atoms with Crippen molar-refractivity contribution in [3.8, 4) is 0 Å². The van der Waals surface area contributed by atoms with Crippen molar-refractivity contribution in [1.82, 2.24) is 10.6 Å². The number of hydrogen-bond donors (Lipinski definition) is 2. The van der Waals surface area contributed by atoms with Gasteiger partial charge in [-0.3, -0.25) is 0 Å². The van der Waals surface area contributed by atoms with Crippen LogP contribution in [-0.4, -0.2) is 26.2 Å². The largest absolute Gasteiger partial charge is 0.315 e. The van der Waals surface area contributed by atoms with Crippen molar-refractivity contribution in [2.24, 2.45) is 22.7 Å². The van der Waals surface area contributed by atoms with E-state index in [4.69, 9.17) is 0 Å². The van der Waals surface area contributed by atoms with Gasteiger partial charge >= 0.3 is 0 Å². The minimum atomic E-state index is 0.404. The Hall–Kier alpha value is -0.0800. The van der Waals surface area contributed by atoms with Crippen molar-refractivity contribution < 1.29 is 0 Å². The highest BCUT2D eigenvalue weighted by Crippen LogP contribution is 2.24. The first kappa shape index (κ1) is 17.9. The molecule has 0 radical (unpaired) electrons. The predicted molar refractivity (Wildman–Crippen MR) is 83.0 cm³/mol. The molecule has 0 fully saturated rings. The van der Waals surface area contributed by atoms with Gasteiger partial charge in [-0.2, -0.15) is 0 Å². The van der Waals surface area contributed by atoms with E-state index in [-0.39, 0.29) is 0 Å². The number of hydrogen-bond acceptors (Lipinski definition) is 2. The molecule has 0 bridgehead atoms. The SMILES string of the molecule is CC(CNCCNCC(C)C(C)(C)C)C(C)(C)C. The molecule has 2 atom stereocenters. The van der Waals surface area contributed by atoms with Gasteiger partial charge in [-0.15, -0.1) is 0 Å². The standard InChI is InChI=1S/C16H36N2/c1-13(15(3,4)5)11-17-9-10-18-12-14(2)16(6,7)8/h13-14,17-18H,9-12H2,1-8H3. The van der Waals surface area contributed by atoms with Crippen molar-refractivity contribution in [3.05, 3.63) is 0 Å². The fraction of sp³-hybridized carbons (Fsp3) is 1.00. The Bertz CT molecular complexity index is 186. The molecule has 110 valence electrons. The molecule has 0 rings (SSSR count). The molecule has 2 heteroatoms. The molecule has 0 aliphatic heterocycles. The van der Waals surface area contributed by atoms with Gasteiger partial charge in [-0.1, -0.05) is 55.4 Å². The Labute approximate surface area is 115 Å². The second-order valence-electron chi connectivity index (χ2n) is 7.94. The van der Waals surface area contributed by atoms with Gasteiger partial charge in [-0.05, 0) is 35.8 Å². The molecule has 0 aliphatic rings. The van der Waals surface area contributed by atoms with E-state index in [0.29, 0.717) is 22.7 Å². The van der Waals surface area contributed by atoms with Crippen LogP contribution in [0.15, 0.2) is 0 Å². The highest BCUT2D eigenvalue weighted by Gasteiger charge is 2.20. The van der Waals surface area contributed by atoms with Gasteiger partial charge in [0.1, 0.15) is 0 Å². The predicted octanol–water partition coefficient (Wildman–Crippen LogP) is 3.53. The van der Waals surface area contributed by atoms with E-state index in [1.165, 1.54) is 0 Å². The molecule has 2 nitrogen and oxygen atoms in total. The summed E-state index contributed by atoms with van der Waals surface area (Å²) in [6, 6.07) is 0. The first-order valence-corrected chi connectivity index (χ1v) is 7.46. The molecule has 0 aromatic heterocycles. The lowest BCUT2D eigenvalue weighted by molar-refractivity contribution is 0.246. The molecule has 0 saturated heterocycles. The van der Waals surface area contributed by atoms with Crippen molar-refractivity contribution in [3.63, 3.8) is 0 Å². The Morgan fingerprint density at radius 3 is 1.17 bits per heavy atom. The first-order valence-electron chi connectivity index (χ1n) is 7.46. The van der Waals surface area contributed by atoms with Crippen molar-refractivity contribution in [2.75, 3.05) is 26.2 Å². The van der Waals surface area contributed by atoms with Crippen LogP contribution < -0.4 is 10.6 Å². The van der Waals surface area contributed by atoms with Crippen molar-refractivity contribution in [1.29, 1.82) is 0 Å². The lowest BCUT2D eigenvalue weighted by Crippen LogP contribution is -2.36. The normalized spacial score (nSPS) is 16.7. The van der Waals surface area contributed by atoms with Gasteiger partial charge in [0.05, 0.1) is 0 Å². The summed E-state index contributed by atoms with van der Waals surface area (Å²) in [5.41, 5.74) is 0.808. The van der Waals surface area contributed by atoms with Crippen LogP contribution in [0, 0.1) is 22.7 Å². The molecule has 18 heavy (non-hydrogen) atoms. The Morgan fingerprint density at radius 1 is 0.667 bits per heavy atom. The summed E-state index contributed by atoms with van der Waals surface area (Å²) in [6.45, 7) is 22.8. The fourth-order valence-electron chi connectivity index (χ4n) is 1.43. The quantitative estimate of drug-likeness (QED) is 0.681. The van der Waals surface area contributed by atoms with Gasteiger partial charge in [0.2, 0.25) is 0 Å². The summed E-state index contributed by atoms with van der Waals surface area (Å²) in [7, 11) is 0. The zero-order valence-corrected chi connectivity index (χ0v) is 14.0. The van der Waals surface area contributed by atoms with Crippen LogP contribution in [0.3, 0.4) is 0 Å². The van der Waals surface area contributed by atoms with Crippen LogP contribution in [-0.2, 0) is 0 Å². The molecule has 0 heterocycles. The summed E-state index contributed by atoms with van der Waals surface area (Å²) in [5, 5.41) is 7.08. The maximum absolute atomic E-state index is 3.54. The average Bonchev–Trinajstić information content (AvgIpc) is 2.19. The third kappa shape index (κ3) is 8.10. The molecule has 0 amide bonds.